The van der Waals surface area contributed by atoms with Crippen LogP contribution >= 0.6 is 23.1 Å². The van der Waals surface area contributed by atoms with Crippen molar-refractivity contribution in [1.29, 1.82) is 0 Å². The normalized spacial score (nSPS) is 22.2. The van der Waals surface area contributed by atoms with Crippen LogP contribution in [-0.4, -0.2) is 29.9 Å². The van der Waals surface area contributed by atoms with E-state index in [1.54, 1.807) is 22.2 Å². The second-order valence-electron chi connectivity index (χ2n) is 9.00. The molecule has 30 heavy (non-hydrogen) atoms. The molecule has 1 saturated heterocycles. The monoisotopic (exact) mass is 438 g/mol. The highest BCUT2D eigenvalue weighted by atomic mass is 32.2. The number of hydrogen-bond acceptors (Lipinski definition) is 4. The first-order valence-electron chi connectivity index (χ1n) is 11.2. The van der Waals surface area contributed by atoms with E-state index in [2.05, 4.69) is 53.5 Å². The van der Waals surface area contributed by atoms with E-state index in [1.807, 2.05) is 11.3 Å². The molecule has 5 rings (SSSR count). The maximum Gasteiger partial charge on any atom is 0.257 e. The van der Waals surface area contributed by atoms with Crippen LogP contribution in [0.15, 0.2) is 35.2 Å². The number of hydrogen-bond donors (Lipinski definition) is 1. The molecule has 1 amide bonds. The number of fused-ring (bicyclic) bond motifs is 3. The Balaban J connectivity index is 1.17. The Morgan fingerprint density at radius 3 is 2.73 bits per heavy atom. The molecule has 0 radical (unpaired) electrons. The van der Waals surface area contributed by atoms with Crippen LogP contribution in [0, 0.1) is 5.92 Å². The smallest absolute Gasteiger partial charge is 0.257 e. The summed E-state index contributed by atoms with van der Waals surface area (Å²) >= 11 is 3.66. The molecule has 3 nitrogen and oxygen atoms in total. The van der Waals surface area contributed by atoms with Crippen molar-refractivity contribution in [1.82, 2.24) is 10.2 Å². The van der Waals surface area contributed by atoms with Crippen LogP contribution in [0.25, 0.3) is 6.08 Å². The number of carbonyl (C=O) groups is 1. The number of amides is 1. The van der Waals surface area contributed by atoms with Crippen LogP contribution in [0.4, 0.5) is 0 Å². The van der Waals surface area contributed by atoms with E-state index in [4.69, 9.17) is 0 Å². The summed E-state index contributed by atoms with van der Waals surface area (Å²) in [7, 11) is 0. The van der Waals surface area contributed by atoms with Gasteiger partial charge in [0.05, 0.1) is 4.91 Å². The minimum absolute atomic E-state index is 0.131. The fraction of sp³-hybridized carbons (Fsp3) is 0.480. The summed E-state index contributed by atoms with van der Waals surface area (Å²) < 4.78 is 0. The SMILES string of the molecule is CC1CCc2c(sc3c2CSC(C(=O)NC2CCN(Cc4ccccc4)CC2)=C3)C1. The molecule has 5 heteroatoms. The van der Waals surface area contributed by atoms with Crippen molar-refractivity contribution < 1.29 is 4.79 Å². The summed E-state index contributed by atoms with van der Waals surface area (Å²) in [6.45, 7) is 5.46. The Kier molecular flexibility index (Phi) is 6.03. The van der Waals surface area contributed by atoms with Crippen molar-refractivity contribution in [2.24, 2.45) is 5.92 Å². The molecule has 0 bridgehead atoms. The van der Waals surface area contributed by atoms with Gasteiger partial charge in [-0.3, -0.25) is 9.69 Å². The Morgan fingerprint density at radius 1 is 1.13 bits per heavy atom. The molecule has 1 aromatic heterocycles. The molecule has 1 atom stereocenters. The number of piperidine rings is 1. The first kappa shape index (κ1) is 20.3. The van der Waals surface area contributed by atoms with Crippen LogP contribution in [-0.2, 0) is 29.9 Å². The summed E-state index contributed by atoms with van der Waals surface area (Å²) in [6, 6.07) is 11.0. The van der Waals surface area contributed by atoms with Gasteiger partial charge in [-0.25, -0.2) is 0 Å². The zero-order chi connectivity index (χ0) is 20.5. The Labute approximate surface area is 187 Å². The molecule has 1 aromatic carbocycles. The summed E-state index contributed by atoms with van der Waals surface area (Å²) in [5, 5.41) is 3.32. The third-order valence-electron chi connectivity index (χ3n) is 6.68. The molecule has 2 aliphatic heterocycles. The minimum atomic E-state index is 0.131. The molecular weight excluding hydrogens is 408 g/mol. The Hall–Kier alpha value is -1.56. The molecule has 0 saturated carbocycles. The zero-order valence-corrected chi connectivity index (χ0v) is 19.3. The van der Waals surface area contributed by atoms with E-state index in [-0.39, 0.29) is 5.91 Å². The number of nitrogens with zero attached hydrogens (tertiary/aromatic N) is 1. The lowest BCUT2D eigenvalue weighted by Crippen LogP contribution is -2.44. The molecule has 0 spiro atoms. The molecule has 1 aliphatic carbocycles. The van der Waals surface area contributed by atoms with E-state index in [1.165, 1.54) is 35.3 Å². The summed E-state index contributed by atoms with van der Waals surface area (Å²) in [5.74, 6) is 1.89. The van der Waals surface area contributed by atoms with Gasteiger partial charge >= 0.3 is 0 Å². The van der Waals surface area contributed by atoms with Crippen LogP contribution in [0.5, 0.6) is 0 Å². The van der Waals surface area contributed by atoms with E-state index in [0.29, 0.717) is 6.04 Å². The van der Waals surface area contributed by atoms with Crippen molar-refractivity contribution in [2.45, 2.75) is 57.4 Å². The number of thioether (sulfide) groups is 1. The van der Waals surface area contributed by atoms with Gasteiger partial charge in [-0.15, -0.1) is 23.1 Å². The fourth-order valence-corrected chi connectivity index (χ4v) is 7.55. The van der Waals surface area contributed by atoms with Crippen LogP contribution < -0.4 is 5.32 Å². The van der Waals surface area contributed by atoms with E-state index in [9.17, 15) is 4.79 Å². The average Bonchev–Trinajstić information content (AvgIpc) is 3.12. The first-order chi connectivity index (χ1) is 14.7. The fourth-order valence-electron chi connectivity index (χ4n) is 4.89. The van der Waals surface area contributed by atoms with Gasteiger partial charge < -0.3 is 5.32 Å². The molecule has 1 N–H and O–H groups in total. The lowest BCUT2D eigenvalue weighted by molar-refractivity contribution is -0.117. The van der Waals surface area contributed by atoms with Crippen LogP contribution in [0.2, 0.25) is 0 Å². The second kappa shape index (κ2) is 8.89. The van der Waals surface area contributed by atoms with Gasteiger partial charge in [0.2, 0.25) is 0 Å². The van der Waals surface area contributed by atoms with Crippen molar-refractivity contribution in [3.8, 4) is 0 Å². The molecule has 3 heterocycles. The summed E-state index contributed by atoms with van der Waals surface area (Å²) in [6.07, 6.45) is 7.98. The van der Waals surface area contributed by atoms with Gasteiger partial charge in [-0.2, -0.15) is 0 Å². The van der Waals surface area contributed by atoms with E-state index in [0.717, 1.165) is 49.1 Å². The zero-order valence-electron chi connectivity index (χ0n) is 17.7. The van der Waals surface area contributed by atoms with Crippen molar-refractivity contribution in [3.05, 3.63) is 61.7 Å². The van der Waals surface area contributed by atoms with Gasteiger partial charge in [0, 0.05) is 41.2 Å². The number of likely N-dealkylation sites (tertiary alicyclic amines) is 1. The predicted octanol–water partition coefficient (Wildman–Crippen LogP) is 5.24. The highest BCUT2D eigenvalue weighted by Gasteiger charge is 2.28. The van der Waals surface area contributed by atoms with E-state index < -0.39 is 0 Å². The van der Waals surface area contributed by atoms with E-state index >= 15 is 0 Å². The number of carbonyl (C=O) groups excluding carboxylic acids is 1. The predicted molar refractivity (Wildman–Crippen MR) is 128 cm³/mol. The maximum atomic E-state index is 12.9. The van der Waals surface area contributed by atoms with Crippen LogP contribution in [0.1, 0.15) is 52.6 Å². The van der Waals surface area contributed by atoms with Crippen LogP contribution in [0.3, 0.4) is 0 Å². The quantitative estimate of drug-likeness (QED) is 0.708. The lowest BCUT2D eigenvalue weighted by Gasteiger charge is -2.32. The third-order valence-corrected chi connectivity index (χ3v) is 8.97. The third kappa shape index (κ3) is 4.39. The molecular formula is C25H30N2OS2. The van der Waals surface area contributed by atoms with Gasteiger partial charge in [0.15, 0.2) is 0 Å². The molecule has 158 valence electrons. The maximum absolute atomic E-state index is 12.9. The van der Waals surface area contributed by atoms with Crippen molar-refractivity contribution in [3.63, 3.8) is 0 Å². The average molecular weight is 439 g/mol. The second-order valence-corrected chi connectivity index (χ2v) is 11.2. The summed E-state index contributed by atoms with van der Waals surface area (Å²) in [5.41, 5.74) is 4.48. The van der Waals surface area contributed by atoms with Crippen molar-refractivity contribution in [2.75, 3.05) is 13.1 Å². The number of rotatable bonds is 4. The Morgan fingerprint density at radius 2 is 1.93 bits per heavy atom. The standard InChI is InChI=1S/C25H30N2OS2/c1-17-7-8-20-21-16-29-24(14-23(21)30-22(20)13-17)25(28)26-19-9-11-27(12-10-19)15-18-5-3-2-4-6-18/h2-6,14,17,19H,7-13,15-16H2,1H3,(H,26,28). The Bertz CT molecular complexity index is 942. The van der Waals surface area contributed by atoms with Gasteiger partial charge in [0.25, 0.3) is 5.91 Å². The molecule has 2 aromatic rings. The molecule has 1 unspecified atom stereocenters. The minimum Gasteiger partial charge on any atom is -0.349 e. The van der Waals surface area contributed by atoms with Gasteiger partial charge in [-0.1, -0.05) is 37.3 Å². The summed E-state index contributed by atoms with van der Waals surface area (Å²) in [4.78, 5) is 19.2. The van der Waals surface area contributed by atoms with Crippen molar-refractivity contribution >= 4 is 35.1 Å². The number of thiophene rings is 1. The molecule has 1 fully saturated rings. The van der Waals surface area contributed by atoms with Gasteiger partial charge in [-0.05, 0) is 60.8 Å². The van der Waals surface area contributed by atoms with Gasteiger partial charge in [0.1, 0.15) is 0 Å². The highest BCUT2D eigenvalue weighted by Crippen LogP contribution is 2.43. The lowest BCUT2D eigenvalue weighted by atomic mass is 9.88. The topological polar surface area (TPSA) is 32.3 Å². The molecule has 3 aliphatic rings. The largest absolute Gasteiger partial charge is 0.349 e. The highest BCUT2D eigenvalue weighted by molar-refractivity contribution is 8.03. The first-order valence-corrected chi connectivity index (χ1v) is 13.0. The number of benzene rings is 1. The number of nitrogens with one attached hydrogen (secondary N) is 1.